The van der Waals surface area contributed by atoms with Crippen LogP contribution in [-0.2, 0) is 13.6 Å². The Hall–Kier alpha value is -0.470. The van der Waals surface area contributed by atoms with E-state index in [1.807, 2.05) is 6.92 Å². The van der Waals surface area contributed by atoms with Crippen LogP contribution in [0.1, 0.15) is 33.6 Å². The van der Waals surface area contributed by atoms with Crippen molar-refractivity contribution < 1.29 is 22.4 Å². The molecule has 0 amide bonds. The van der Waals surface area contributed by atoms with Crippen molar-refractivity contribution in [3.8, 4) is 0 Å². The second-order valence-electron chi connectivity index (χ2n) is 3.22. The average Bonchev–Trinajstić information content (AvgIpc) is 2.25. The molecule has 0 aliphatic carbocycles. The summed E-state index contributed by atoms with van der Waals surface area (Å²) in [4.78, 5) is 0. The Morgan fingerprint density at radius 1 is 1.24 bits per heavy atom. The average molecular weight is 268 g/mol. The van der Waals surface area contributed by atoms with Crippen LogP contribution in [0, 0.1) is 0 Å². The molecule has 0 bridgehead atoms. The SMILES string of the molecule is CCCC=C=CC(F)(F)P(=O)(OCC)OCC. The van der Waals surface area contributed by atoms with E-state index in [4.69, 9.17) is 0 Å². The first-order valence-electron chi connectivity index (χ1n) is 5.62. The lowest BCUT2D eigenvalue weighted by Crippen LogP contribution is -2.17. The molecule has 0 aliphatic heterocycles. The van der Waals surface area contributed by atoms with Gasteiger partial charge in [0.15, 0.2) is 0 Å². The van der Waals surface area contributed by atoms with Crippen LogP contribution < -0.4 is 0 Å². The van der Waals surface area contributed by atoms with E-state index < -0.39 is 13.3 Å². The number of unbranched alkanes of at least 4 members (excludes halogenated alkanes) is 1. The predicted molar refractivity (Wildman–Crippen MR) is 63.4 cm³/mol. The fourth-order valence-electron chi connectivity index (χ4n) is 1.02. The lowest BCUT2D eigenvalue weighted by molar-refractivity contribution is 0.0795. The topological polar surface area (TPSA) is 35.5 Å². The minimum Gasteiger partial charge on any atom is -0.304 e. The molecule has 6 heteroatoms. The number of allylic oxidation sites excluding steroid dienone is 1. The van der Waals surface area contributed by atoms with Gasteiger partial charge in [0.2, 0.25) is 0 Å². The van der Waals surface area contributed by atoms with Gasteiger partial charge >= 0.3 is 13.3 Å². The van der Waals surface area contributed by atoms with E-state index in [2.05, 4.69) is 14.8 Å². The summed E-state index contributed by atoms with van der Waals surface area (Å²) in [6, 6.07) is 0. The van der Waals surface area contributed by atoms with Gasteiger partial charge in [0.05, 0.1) is 13.2 Å². The fourth-order valence-corrected chi connectivity index (χ4v) is 2.35. The monoisotopic (exact) mass is 268 g/mol. The summed E-state index contributed by atoms with van der Waals surface area (Å²) in [5.41, 5.74) is -1.33. The van der Waals surface area contributed by atoms with E-state index in [1.54, 1.807) is 0 Å². The zero-order valence-electron chi connectivity index (χ0n) is 10.4. The van der Waals surface area contributed by atoms with E-state index >= 15 is 0 Å². The Labute approximate surface area is 101 Å². The Kier molecular flexibility index (Phi) is 7.56. The van der Waals surface area contributed by atoms with Crippen molar-refractivity contribution in [2.24, 2.45) is 0 Å². The molecule has 0 saturated heterocycles. The van der Waals surface area contributed by atoms with Gasteiger partial charge in [-0.3, -0.25) is 4.57 Å². The van der Waals surface area contributed by atoms with E-state index in [0.29, 0.717) is 12.5 Å². The van der Waals surface area contributed by atoms with Crippen LogP contribution in [0.4, 0.5) is 8.78 Å². The van der Waals surface area contributed by atoms with Crippen LogP contribution >= 0.6 is 7.60 Å². The van der Waals surface area contributed by atoms with Gasteiger partial charge in [-0.05, 0) is 26.3 Å². The molecular formula is C11H19F2O3P. The van der Waals surface area contributed by atoms with Gasteiger partial charge in [-0.25, -0.2) is 0 Å². The maximum atomic E-state index is 13.6. The summed E-state index contributed by atoms with van der Waals surface area (Å²) in [6.07, 6.45) is 3.39. The van der Waals surface area contributed by atoms with Crippen molar-refractivity contribution in [2.75, 3.05) is 13.2 Å². The molecule has 17 heavy (non-hydrogen) atoms. The summed E-state index contributed by atoms with van der Waals surface area (Å²) in [5, 5.41) is 0. The van der Waals surface area contributed by atoms with E-state index in [1.165, 1.54) is 19.9 Å². The summed E-state index contributed by atoms with van der Waals surface area (Å²) in [6.45, 7) is 4.69. The standard InChI is InChI=1S/C11H19F2O3P/c1-4-7-8-9-10-11(12,13)17(14,15-5-2)16-6-3/h8,10H,4-7H2,1-3H3. The lowest BCUT2D eigenvalue weighted by atomic mass is 10.3. The van der Waals surface area contributed by atoms with E-state index in [9.17, 15) is 13.3 Å². The van der Waals surface area contributed by atoms with Crippen molar-refractivity contribution >= 4 is 7.60 Å². The molecule has 0 atom stereocenters. The van der Waals surface area contributed by atoms with Crippen LogP contribution in [0.2, 0.25) is 0 Å². The molecule has 0 heterocycles. The van der Waals surface area contributed by atoms with Gasteiger partial charge in [0.1, 0.15) is 0 Å². The van der Waals surface area contributed by atoms with Crippen LogP contribution in [0.3, 0.4) is 0 Å². The lowest BCUT2D eigenvalue weighted by Gasteiger charge is -2.22. The number of hydrogen-bond donors (Lipinski definition) is 0. The summed E-state index contributed by atoms with van der Waals surface area (Å²) in [7, 11) is -4.44. The molecule has 0 radical (unpaired) electrons. The molecule has 0 N–H and O–H groups in total. The van der Waals surface area contributed by atoms with Gasteiger partial charge < -0.3 is 9.05 Å². The summed E-state index contributed by atoms with van der Waals surface area (Å²) in [5.74, 6) is 0. The van der Waals surface area contributed by atoms with Gasteiger partial charge in [-0.2, -0.15) is 8.78 Å². The smallest absolute Gasteiger partial charge is 0.304 e. The second kappa shape index (κ2) is 7.78. The summed E-state index contributed by atoms with van der Waals surface area (Å²) >= 11 is 0. The molecule has 0 spiro atoms. The minimum atomic E-state index is -4.44. The van der Waals surface area contributed by atoms with Gasteiger partial charge in [0.25, 0.3) is 0 Å². The molecule has 0 aromatic rings. The first-order valence-corrected chi connectivity index (χ1v) is 7.16. The second-order valence-corrected chi connectivity index (χ2v) is 5.33. The van der Waals surface area contributed by atoms with Crippen molar-refractivity contribution in [2.45, 2.75) is 39.3 Å². The predicted octanol–water partition coefficient (Wildman–Crippen LogP) is 4.36. The molecule has 0 aliphatic rings. The Balaban J connectivity index is 4.95. The Morgan fingerprint density at radius 3 is 2.18 bits per heavy atom. The van der Waals surface area contributed by atoms with Gasteiger partial charge in [0, 0.05) is 6.08 Å². The highest BCUT2D eigenvalue weighted by Crippen LogP contribution is 2.62. The van der Waals surface area contributed by atoms with Crippen molar-refractivity contribution in [1.82, 2.24) is 0 Å². The van der Waals surface area contributed by atoms with Gasteiger partial charge in [-0.15, -0.1) is 5.73 Å². The molecule has 0 aromatic heterocycles. The quantitative estimate of drug-likeness (QED) is 0.484. The summed E-state index contributed by atoms with van der Waals surface area (Å²) < 4.78 is 48.2. The molecule has 0 unspecified atom stereocenters. The third kappa shape index (κ3) is 5.13. The zero-order chi connectivity index (χ0) is 13.4. The third-order valence-corrected chi connectivity index (χ3v) is 3.83. The van der Waals surface area contributed by atoms with Crippen LogP contribution in [-0.4, -0.2) is 18.9 Å². The third-order valence-electron chi connectivity index (χ3n) is 1.77. The molecule has 0 rings (SSSR count). The van der Waals surface area contributed by atoms with Crippen LogP contribution in [0.5, 0.6) is 0 Å². The number of halogens is 2. The number of rotatable bonds is 8. The van der Waals surface area contributed by atoms with Crippen molar-refractivity contribution in [1.29, 1.82) is 0 Å². The van der Waals surface area contributed by atoms with Crippen molar-refractivity contribution in [3.05, 3.63) is 17.9 Å². The van der Waals surface area contributed by atoms with E-state index in [0.717, 1.165) is 6.42 Å². The Morgan fingerprint density at radius 2 is 1.76 bits per heavy atom. The first-order chi connectivity index (χ1) is 7.93. The molecule has 0 aromatic carbocycles. The maximum Gasteiger partial charge on any atom is 0.404 e. The van der Waals surface area contributed by atoms with Crippen molar-refractivity contribution in [3.63, 3.8) is 0 Å². The van der Waals surface area contributed by atoms with Gasteiger partial charge in [-0.1, -0.05) is 13.3 Å². The first kappa shape index (κ1) is 16.5. The van der Waals surface area contributed by atoms with E-state index in [-0.39, 0.29) is 13.2 Å². The van der Waals surface area contributed by atoms with Crippen LogP contribution in [0.25, 0.3) is 0 Å². The fraction of sp³-hybridized carbons (Fsp3) is 0.727. The zero-order valence-corrected chi connectivity index (χ0v) is 11.3. The highest BCUT2D eigenvalue weighted by atomic mass is 31.2. The number of hydrogen-bond acceptors (Lipinski definition) is 3. The highest BCUT2D eigenvalue weighted by Gasteiger charge is 2.51. The molecular weight excluding hydrogens is 249 g/mol. The molecule has 0 saturated carbocycles. The Bertz CT molecular complexity index is 313. The largest absolute Gasteiger partial charge is 0.404 e. The maximum absolute atomic E-state index is 13.6. The normalized spacial score (nSPS) is 12.1. The molecule has 3 nitrogen and oxygen atoms in total. The minimum absolute atomic E-state index is 0.0978. The number of alkyl halides is 2. The highest BCUT2D eigenvalue weighted by molar-refractivity contribution is 7.55. The molecule has 0 fully saturated rings. The van der Waals surface area contributed by atoms with Crippen LogP contribution in [0.15, 0.2) is 17.9 Å². The molecule has 100 valence electrons.